The van der Waals surface area contributed by atoms with E-state index in [0.717, 1.165) is 11.1 Å². The first-order chi connectivity index (χ1) is 13.8. The minimum Gasteiger partial charge on any atom is -0.493 e. The molecular weight excluding hydrogens is 389 g/mol. The van der Waals surface area contributed by atoms with Gasteiger partial charge in [0, 0.05) is 23.5 Å². The number of carboxylic acids is 1. The number of rotatable bonds is 6. The fraction of sp³-hybridized carbons (Fsp3) is 0.381. The normalized spacial score (nSPS) is 20.0. The molecule has 0 spiro atoms. The quantitative estimate of drug-likeness (QED) is 0.754. The third-order valence-electron chi connectivity index (χ3n) is 5.31. The van der Waals surface area contributed by atoms with Gasteiger partial charge in [0.05, 0.1) is 19.6 Å². The molecule has 2 aromatic rings. The summed E-state index contributed by atoms with van der Waals surface area (Å²) >= 11 is 0. The third-order valence-corrected chi connectivity index (χ3v) is 5.31. The average Bonchev–Trinajstić information content (AvgIpc) is 3.23. The molecule has 1 heterocycles. The molecule has 1 aliphatic heterocycles. The lowest BCUT2D eigenvalue weighted by atomic mass is 9.98. The summed E-state index contributed by atoms with van der Waals surface area (Å²) in [5, 5.41) is 8.97. The van der Waals surface area contributed by atoms with Crippen molar-refractivity contribution in [2.45, 2.75) is 37.5 Å². The van der Waals surface area contributed by atoms with E-state index in [2.05, 4.69) is 4.74 Å². The minimum absolute atomic E-state index is 0.00833. The van der Waals surface area contributed by atoms with E-state index in [1.807, 2.05) is 12.1 Å². The number of hydrogen-bond acceptors (Lipinski definition) is 4. The van der Waals surface area contributed by atoms with Crippen molar-refractivity contribution >= 4 is 5.97 Å². The molecule has 5 nitrogen and oxygen atoms in total. The second-order valence-electron chi connectivity index (χ2n) is 7.22. The Labute approximate surface area is 165 Å². The number of benzene rings is 2. The summed E-state index contributed by atoms with van der Waals surface area (Å²) in [6, 6.07) is 10.0. The van der Waals surface area contributed by atoms with Crippen LogP contribution in [0.1, 0.15) is 41.4 Å². The first-order valence-electron chi connectivity index (χ1n) is 9.29. The van der Waals surface area contributed by atoms with Crippen LogP contribution in [-0.4, -0.2) is 30.7 Å². The van der Waals surface area contributed by atoms with Crippen LogP contribution in [-0.2, 0) is 11.2 Å². The van der Waals surface area contributed by atoms with Gasteiger partial charge in [0.15, 0.2) is 0 Å². The van der Waals surface area contributed by atoms with Gasteiger partial charge in [0.2, 0.25) is 0 Å². The summed E-state index contributed by atoms with van der Waals surface area (Å²) < 4.78 is 53.4. The summed E-state index contributed by atoms with van der Waals surface area (Å²) in [5.41, 5.74) is 2.23. The van der Waals surface area contributed by atoms with Gasteiger partial charge in [-0.3, -0.25) is 4.79 Å². The molecule has 4 rings (SSSR count). The van der Waals surface area contributed by atoms with Crippen molar-refractivity contribution in [3.05, 3.63) is 53.1 Å². The lowest BCUT2D eigenvalue weighted by Gasteiger charge is -2.16. The van der Waals surface area contributed by atoms with Crippen molar-refractivity contribution in [3.63, 3.8) is 0 Å². The summed E-state index contributed by atoms with van der Waals surface area (Å²) in [6.07, 6.45) is -3.53. The van der Waals surface area contributed by atoms with E-state index in [9.17, 15) is 18.0 Å². The van der Waals surface area contributed by atoms with E-state index in [1.54, 1.807) is 18.2 Å². The van der Waals surface area contributed by atoms with Crippen molar-refractivity contribution < 1.29 is 37.3 Å². The Hall–Kier alpha value is -2.90. The molecule has 1 N–H and O–H groups in total. The Bertz CT molecular complexity index is 925. The Kier molecular flexibility index (Phi) is 5.02. The zero-order valence-corrected chi connectivity index (χ0v) is 15.4. The molecular formula is C21H19F3O5. The van der Waals surface area contributed by atoms with Crippen molar-refractivity contribution in [2.75, 3.05) is 13.2 Å². The molecule has 0 saturated heterocycles. The number of halogens is 3. The largest absolute Gasteiger partial charge is 0.573 e. The van der Waals surface area contributed by atoms with Gasteiger partial charge in [0.1, 0.15) is 17.2 Å². The molecule has 154 valence electrons. The zero-order valence-electron chi connectivity index (χ0n) is 15.4. The number of aliphatic carboxylic acids is 1. The number of fused-ring (bicyclic) bond motifs is 2. The second kappa shape index (κ2) is 7.50. The molecule has 2 atom stereocenters. The van der Waals surface area contributed by atoms with Gasteiger partial charge in [-0.15, -0.1) is 13.2 Å². The average molecular weight is 408 g/mol. The SMILES string of the molecule is O=C(O)CC1COc2cc(OCC3CCc4c(OC(F)(F)F)cccc43)ccc21. The van der Waals surface area contributed by atoms with Crippen LogP contribution in [0.2, 0.25) is 0 Å². The Morgan fingerprint density at radius 2 is 2.00 bits per heavy atom. The highest BCUT2D eigenvalue weighted by Gasteiger charge is 2.34. The fourth-order valence-corrected chi connectivity index (χ4v) is 4.02. The van der Waals surface area contributed by atoms with E-state index in [0.29, 0.717) is 43.1 Å². The van der Waals surface area contributed by atoms with Crippen molar-refractivity contribution in [1.82, 2.24) is 0 Å². The van der Waals surface area contributed by atoms with Crippen LogP contribution in [0.5, 0.6) is 17.2 Å². The van der Waals surface area contributed by atoms with Crippen LogP contribution < -0.4 is 14.2 Å². The third kappa shape index (κ3) is 4.26. The van der Waals surface area contributed by atoms with Crippen LogP contribution in [0.15, 0.2) is 36.4 Å². The van der Waals surface area contributed by atoms with E-state index < -0.39 is 12.3 Å². The summed E-state index contributed by atoms with van der Waals surface area (Å²) in [5.74, 6) is -0.0354. The Morgan fingerprint density at radius 1 is 1.17 bits per heavy atom. The van der Waals surface area contributed by atoms with Gasteiger partial charge >= 0.3 is 12.3 Å². The van der Waals surface area contributed by atoms with E-state index in [4.69, 9.17) is 14.6 Å². The fourth-order valence-electron chi connectivity index (χ4n) is 4.02. The summed E-state index contributed by atoms with van der Waals surface area (Å²) in [4.78, 5) is 10.9. The van der Waals surface area contributed by atoms with Gasteiger partial charge in [-0.05, 0) is 36.1 Å². The van der Waals surface area contributed by atoms with E-state index in [1.165, 1.54) is 6.07 Å². The highest BCUT2D eigenvalue weighted by Crippen LogP contribution is 2.41. The molecule has 0 fully saturated rings. The summed E-state index contributed by atoms with van der Waals surface area (Å²) in [6.45, 7) is 0.642. The number of hydrogen-bond donors (Lipinski definition) is 1. The molecule has 0 bridgehead atoms. The Balaban J connectivity index is 1.43. The predicted molar refractivity (Wildman–Crippen MR) is 96.6 cm³/mol. The second-order valence-corrected chi connectivity index (χ2v) is 7.22. The molecule has 0 saturated carbocycles. The lowest BCUT2D eigenvalue weighted by molar-refractivity contribution is -0.274. The van der Waals surface area contributed by atoms with E-state index in [-0.39, 0.29) is 24.0 Å². The topological polar surface area (TPSA) is 65.0 Å². The number of alkyl halides is 3. The molecule has 0 amide bonds. The first-order valence-corrected chi connectivity index (χ1v) is 9.29. The standard InChI is InChI=1S/C21H19F3O5/c22-21(23,24)29-18-3-1-2-15-12(4-6-17(15)18)10-27-14-5-7-16-13(8-20(25)26)11-28-19(16)9-14/h1-3,5,7,9,12-13H,4,6,8,10-11H2,(H,25,26). The number of ether oxygens (including phenoxy) is 3. The number of carboxylic acid groups (broad SMARTS) is 1. The van der Waals surface area contributed by atoms with Crippen LogP contribution >= 0.6 is 0 Å². The molecule has 1 aliphatic carbocycles. The first kappa shape index (κ1) is 19.4. The van der Waals surface area contributed by atoms with Gasteiger partial charge in [-0.2, -0.15) is 0 Å². The van der Waals surface area contributed by atoms with E-state index >= 15 is 0 Å². The lowest BCUT2D eigenvalue weighted by Crippen LogP contribution is -2.18. The van der Waals surface area contributed by atoms with Crippen LogP contribution in [0.3, 0.4) is 0 Å². The van der Waals surface area contributed by atoms with Crippen molar-refractivity contribution in [3.8, 4) is 17.2 Å². The maximum Gasteiger partial charge on any atom is 0.573 e. The maximum absolute atomic E-state index is 12.6. The predicted octanol–water partition coefficient (Wildman–Crippen LogP) is 4.64. The van der Waals surface area contributed by atoms with Crippen LogP contribution in [0.25, 0.3) is 0 Å². The van der Waals surface area contributed by atoms with Gasteiger partial charge < -0.3 is 19.3 Å². The number of carbonyl (C=O) groups is 1. The molecule has 0 radical (unpaired) electrons. The van der Waals surface area contributed by atoms with Gasteiger partial charge in [-0.1, -0.05) is 18.2 Å². The molecule has 2 aromatic carbocycles. The van der Waals surface area contributed by atoms with Gasteiger partial charge in [-0.25, -0.2) is 0 Å². The molecule has 29 heavy (non-hydrogen) atoms. The maximum atomic E-state index is 12.6. The molecule has 2 aliphatic rings. The molecule has 8 heteroatoms. The monoisotopic (exact) mass is 408 g/mol. The Morgan fingerprint density at radius 3 is 2.76 bits per heavy atom. The van der Waals surface area contributed by atoms with Crippen molar-refractivity contribution in [1.29, 1.82) is 0 Å². The molecule has 0 aromatic heterocycles. The zero-order chi connectivity index (χ0) is 20.6. The smallest absolute Gasteiger partial charge is 0.493 e. The molecule has 2 unspecified atom stereocenters. The van der Waals surface area contributed by atoms with Crippen LogP contribution in [0.4, 0.5) is 13.2 Å². The van der Waals surface area contributed by atoms with Gasteiger partial charge in [0.25, 0.3) is 0 Å². The summed E-state index contributed by atoms with van der Waals surface area (Å²) in [7, 11) is 0. The minimum atomic E-state index is -4.72. The highest BCUT2D eigenvalue weighted by molar-refractivity contribution is 5.68. The van der Waals surface area contributed by atoms with Crippen LogP contribution in [0, 0.1) is 0 Å². The highest BCUT2D eigenvalue weighted by atomic mass is 19.4. The van der Waals surface area contributed by atoms with Crippen molar-refractivity contribution in [2.24, 2.45) is 0 Å².